The molecule has 3 N–H and O–H groups in total. The molecule has 6 heteroatoms. The van der Waals surface area contributed by atoms with Gasteiger partial charge in [0, 0.05) is 30.4 Å². The highest BCUT2D eigenvalue weighted by molar-refractivity contribution is 5.79. The van der Waals surface area contributed by atoms with Crippen molar-refractivity contribution in [2.75, 3.05) is 32.8 Å². The molecule has 3 aliphatic rings. The van der Waals surface area contributed by atoms with Crippen LogP contribution in [0.1, 0.15) is 50.7 Å². The lowest BCUT2D eigenvalue weighted by molar-refractivity contribution is -0.136. The number of aromatic nitrogens is 1. The Morgan fingerprint density at radius 2 is 2.14 bits per heavy atom. The molecule has 2 saturated heterocycles. The number of nitrogens with one attached hydrogen (secondary N) is 1. The number of likely N-dealkylation sites (tertiary alicyclic amines) is 1. The lowest BCUT2D eigenvalue weighted by Gasteiger charge is -2.37. The lowest BCUT2D eigenvalue weighted by Crippen LogP contribution is -2.49. The minimum atomic E-state index is 0.0328. The van der Waals surface area contributed by atoms with E-state index in [-0.39, 0.29) is 11.4 Å². The fourth-order valence-corrected chi connectivity index (χ4v) is 5.11. The average Bonchev–Trinajstić information content (AvgIpc) is 3.38. The molecule has 0 radical (unpaired) electrons. The van der Waals surface area contributed by atoms with Crippen LogP contribution in [0, 0.1) is 17.8 Å². The molecule has 3 heterocycles. The number of piperidine rings is 1. The molecule has 4 rings (SSSR count). The molecule has 3 fully saturated rings. The second-order valence-corrected chi connectivity index (χ2v) is 9.42. The van der Waals surface area contributed by atoms with E-state index < -0.39 is 0 Å². The predicted octanol–water partition coefficient (Wildman–Crippen LogP) is 2.15. The van der Waals surface area contributed by atoms with Crippen LogP contribution in [0.15, 0.2) is 12.3 Å². The highest BCUT2D eigenvalue weighted by atomic mass is 16.5. The first-order valence-corrected chi connectivity index (χ1v) is 11.4. The molecule has 1 saturated carbocycles. The van der Waals surface area contributed by atoms with Crippen molar-refractivity contribution in [2.24, 2.45) is 23.5 Å². The van der Waals surface area contributed by atoms with Gasteiger partial charge in [0.2, 0.25) is 11.8 Å². The standard InChI is InChI=1S/C23H36N4O2/c1-3-18-10-17(11-21(28)27-14-16(2)15-27)13-26-22(18)29-9-6-20-12-23(20,24)19-4-7-25-8-5-19/h10,13,16,19-20,25H,3-9,11-12,14-15,24H2,1-2H3. The zero-order valence-corrected chi connectivity index (χ0v) is 18.0. The van der Waals surface area contributed by atoms with E-state index in [4.69, 9.17) is 10.5 Å². The Kier molecular flexibility index (Phi) is 6.11. The second-order valence-electron chi connectivity index (χ2n) is 9.42. The molecule has 1 aromatic rings. The summed E-state index contributed by atoms with van der Waals surface area (Å²) in [6.45, 7) is 8.92. The SMILES string of the molecule is CCc1cc(CC(=O)N2CC(C)C2)cnc1OCCC1CC1(N)C1CCNCC1. The topological polar surface area (TPSA) is 80.5 Å². The third-order valence-corrected chi connectivity index (χ3v) is 7.14. The van der Waals surface area contributed by atoms with Gasteiger partial charge in [-0.15, -0.1) is 0 Å². The summed E-state index contributed by atoms with van der Waals surface area (Å²) < 4.78 is 6.04. The zero-order valence-electron chi connectivity index (χ0n) is 18.0. The average molecular weight is 401 g/mol. The summed E-state index contributed by atoms with van der Waals surface area (Å²) in [4.78, 5) is 18.8. The monoisotopic (exact) mass is 400 g/mol. The summed E-state index contributed by atoms with van der Waals surface area (Å²) in [7, 11) is 0. The first-order chi connectivity index (χ1) is 14.0. The Morgan fingerprint density at radius 1 is 1.38 bits per heavy atom. The molecule has 0 spiro atoms. The Morgan fingerprint density at radius 3 is 2.83 bits per heavy atom. The van der Waals surface area contributed by atoms with Crippen molar-refractivity contribution in [3.63, 3.8) is 0 Å². The summed E-state index contributed by atoms with van der Waals surface area (Å²) in [6.07, 6.45) is 7.61. The Bertz CT molecular complexity index is 728. The molecular formula is C23H36N4O2. The minimum Gasteiger partial charge on any atom is -0.477 e. The Hall–Kier alpha value is -1.66. The number of nitrogens with two attached hydrogens (primary N) is 1. The van der Waals surface area contributed by atoms with Gasteiger partial charge < -0.3 is 20.7 Å². The van der Waals surface area contributed by atoms with Crippen LogP contribution in [0.2, 0.25) is 0 Å². The van der Waals surface area contributed by atoms with Crippen LogP contribution >= 0.6 is 0 Å². The van der Waals surface area contributed by atoms with Gasteiger partial charge in [-0.1, -0.05) is 13.8 Å². The number of aryl methyl sites for hydroxylation is 1. The number of nitrogens with zero attached hydrogens (tertiary/aromatic N) is 2. The van der Waals surface area contributed by atoms with E-state index in [1.54, 1.807) is 6.20 Å². The summed E-state index contributed by atoms with van der Waals surface area (Å²) in [6, 6.07) is 2.09. The van der Waals surface area contributed by atoms with Crippen LogP contribution in [0.4, 0.5) is 0 Å². The number of pyridine rings is 1. The molecule has 2 aliphatic heterocycles. The number of rotatable bonds is 8. The number of hydrogen-bond acceptors (Lipinski definition) is 5. The molecule has 0 bridgehead atoms. The van der Waals surface area contributed by atoms with Gasteiger partial charge in [0.25, 0.3) is 0 Å². The van der Waals surface area contributed by atoms with Gasteiger partial charge in [-0.05, 0) is 74.6 Å². The maximum Gasteiger partial charge on any atom is 0.227 e. The number of carbonyl (C=O) groups is 1. The van der Waals surface area contributed by atoms with Crippen molar-refractivity contribution >= 4 is 5.91 Å². The highest BCUT2D eigenvalue weighted by Gasteiger charge is 2.55. The van der Waals surface area contributed by atoms with Gasteiger partial charge in [0.05, 0.1) is 13.0 Å². The first kappa shape index (κ1) is 20.6. The third kappa shape index (κ3) is 4.58. The van der Waals surface area contributed by atoms with Crippen LogP contribution in [-0.4, -0.2) is 54.1 Å². The maximum atomic E-state index is 12.3. The highest BCUT2D eigenvalue weighted by Crippen LogP contribution is 2.51. The number of ether oxygens (including phenoxy) is 1. The summed E-state index contributed by atoms with van der Waals surface area (Å²) in [5.74, 6) is 2.78. The Balaban J connectivity index is 1.26. The molecule has 6 nitrogen and oxygen atoms in total. The van der Waals surface area contributed by atoms with E-state index in [1.165, 1.54) is 12.8 Å². The normalized spacial score (nSPS) is 27.6. The molecule has 2 unspecified atom stereocenters. The van der Waals surface area contributed by atoms with E-state index >= 15 is 0 Å². The van der Waals surface area contributed by atoms with Crippen LogP contribution in [0.3, 0.4) is 0 Å². The van der Waals surface area contributed by atoms with Crippen molar-refractivity contribution < 1.29 is 9.53 Å². The van der Waals surface area contributed by atoms with Crippen molar-refractivity contribution in [1.29, 1.82) is 0 Å². The lowest BCUT2D eigenvalue weighted by atomic mass is 9.87. The fourth-order valence-electron chi connectivity index (χ4n) is 5.11. The molecule has 1 aliphatic carbocycles. The molecule has 160 valence electrons. The number of carbonyl (C=O) groups excluding carboxylic acids is 1. The molecule has 0 aromatic carbocycles. The van der Waals surface area contributed by atoms with E-state index in [0.29, 0.717) is 36.7 Å². The maximum absolute atomic E-state index is 12.3. The Labute approximate surface area is 174 Å². The van der Waals surface area contributed by atoms with Crippen LogP contribution in [-0.2, 0) is 17.6 Å². The van der Waals surface area contributed by atoms with Crippen molar-refractivity contribution in [1.82, 2.24) is 15.2 Å². The molecule has 1 amide bonds. The molecule has 29 heavy (non-hydrogen) atoms. The largest absolute Gasteiger partial charge is 0.477 e. The number of amides is 1. The first-order valence-electron chi connectivity index (χ1n) is 11.4. The van der Waals surface area contributed by atoms with E-state index in [1.807, 2.05) is 4.90 Å². The minimum absolute atomic E-state index is 0.0328. The summed E-state index contributed by atoms with van der Waals surface area (Å²) >= 11 is 0. The van der Waals surface area contributed by atoms with Gasteiger partial charge in [-0.25, -0.2) is 4.98 Å². The van der Waals surface area contributed by atoms with Crippen molar-refractivity contribution in [2.45, 2.75) is 57.9 Å². The summed E-state index contributed by atoms with van der Waals surface area (Å²) in [5.41, 5.74) is 8.78. The van der Waals surface area contributed by atoms with E-state index in [0.717, 1.165) is 56.6 Å². The van der Waals surface area contributed by atoms with Crippen molar-refractivity contribution in [3.05, 3.63) is 23.4 Å². The van der Waals surface area contributed by atoms with Crippen molar-refractivity contribution in [3.8, 4) is 5.88 Å². The van der Waals surface area contributed by atoms with Gasteiger partial charge >= 0.3 is 0 Å². The zero-order chi connectivity index (χ0) is 20.4. The van der Waals surface area contributed by atoms with Gasteiger partial charge in [0.1, 0.15) is 0 Å². The summed E-state index contributed by atoms with van der Waals surface area (Å²) in [5, 5.41) is 3.43. The smallest absolute Gasteiger partial charge is 0.227 e. The predicted molar refractivity (Wildman–Crippen MR) is 114 cm³/mol. The quantitative estimate of drug-likeness (QED) is 0.699. The molecule has 2 atom stereocenters. The molecule has 1 aromatic heterocycles. The van der Waals surface area contributed by atoms with Crippen LogP contribution in [0.5, 0.6) is 5.88 Å². The van der Waals surface area contributed by atoms with Gasteiger partial charge in [-0.3, -0.25) is 4.79 Å². The van der Waals surface area contributed by atoms with Gasteiger partial charge in [-0.2, -0.15) is 0 Å². The number of hydrogen-bond donors (Lipinski definition) is 2. The van der Waals surface area contributed by atoms with E-state index in [9.17, 15) is 4.79 Å². The van der Waals surface area contributed by atoms with Crippen LogP contribution < -0.4 is 15.8 Å². The fraction of sp³-hybridized carbons (Fsp3) is 0.739. The second kappa shape index (κ2) is 8.60. The van der Waals surface area contributed by atoms with E-state index in [2.05, 4.69) is 30.2 Å². The molecular weight excluding hydrogens is 364 g/mol. The third-order valence-electron chi connectivity index (χ3n) is 7.14. The van der Waals surface area contributed by atoms with Gasteiger partial charge in [0.15, 0.2) is 0 Å². The van der Waals surface area contributed by atoms with Crippen LogP contribution in [0.25, 0.3) is 0 Å².